The van der Waals surface area contributed by atoms with Gasteiger partial charge in [-0.25, -0.2) is 4.79 Å². The molecule has 0 aliphatic carbocycles. The van der Waals surface area contributed by atoms with Gasteiger partial charge in [-0.15, -0.1) is 0 Å². The summed E-state index contributed by atoms with van der Waals surface area (Å²) in [5.74, 6) is -0.995. The van der Waals surface area contributed by atoms with Gasteiger partial charge in [0.2, 0.25) is 0 Å². The highest BCUT2D eigenvalue weighted by Crippen LogP contribution is 2.20. The third-order valence-electron chi connectivity index (χ3n) is 2.54. The van der Waals surface area contributed by atoms with Crippen LogP contribution in [0.2, 0.25) is 0 Å². The number of pyridine rings is 1. The Kier molecular flexibility index (Phi) is 3.06. The van der Waals surface area contributed by atoms with Crippen LogP contribution in [0.15, 0.2) is 42.6 Å². The molecule has 0 spiro atoms. The van der Waals surface area contributed by atoms with E-state index < -0.39 is 5.97 Å². The molecular weight excluding hydrogens is 234 g/mol. The lowest BCUT2D eigenvalue weighted by molar-refractivity contribution is 0.0695. The molecule has 3 nitrogen and oxygen atoms in total. The normalized spacial score (nSPS) is 10.2. The number of carboxylic acids is 1. The van der Waals surface area contributed by atoms with Crippen LogP contribution in [0.4, 0.5) is 0 Å². The van der Waals surface area contributed by atoms with Crippen molar-refractivity contribution in [3.8, 4) is 11.3 Å². The van der Waals surface area contributed by atoms with Crippen molar-refractivity contribution >= 4 is 18.2 Å². The molecule has 17 heavy (non-hydrogen) atoms. The van der Waals surface area contributed by atoms with E-state index in [1.54, 1.807) is 16.8 Å². The SMILES string of the molecule is Cn1cc(C(=O)O)c(=S)cc1-c1ccccc1. The predicted molar refractivity (Wildman–Crippen MR) is 68.6 cm³/mol. The average molecular weight is 245 g/mol. The fraction of sp³-hybridized carbons (Fsp3) is 0.0769. The zero-order valence-corrected chi connectivity index (χ0v) is 10.1. The second-order valence-electron chi connectivity index (χ2n) is 3.72. The largest absolute Gasteiger partial charge is 0.478 e. The number of aromatic nitrogens is 1. The smallest absolute Gasteiger partial charge is 0.338 e. The molecule has 2 aromatic rings. The lowest BCUT2D eigenvalue weighted by Crippen LogP contribution is -2.04. The van der Waals surface area contributed by atoms with E-state index in [-0.39, 0.29) is 5.56 Å². The topological polar surface area (TPSA) is 42.2 Å². The fourth-order valence-electron chi connectivity index (χ4n) is 1.69. The monoisotopic (exact) mass is 245 g/mol. The molecular formula is C13H11NO2S. The first-order valence-corrected chi connectivity index (χ1v) is 5.50. The van der Waals surface area contributed by atoms with Gasteiger partial charge in [0.05, 0.1) is 10.1 Å². The summed E-state index contributed by atoms with van der Waals surface area (Å²) in [6, 6.07) is 11.4. The van der Waals surface area contributed by atoms with E-state index in [4.69, 9.17) is 17.3 Å². The van der Waals surface area contributed by atoms with Crippen molar-refractivity contribution in [3.05, 3.63) is 52.7 Å². The molecule has 1 heterocycles. The van der Waals surface area contributed by atoms with Gasteiger partial charge < -0.3 is 9.67 Å². The summed E-state index contributed by atoms with van der Waals surface area (Å²) < 4.78 is 2.13. The minimum absolute atomic E-state index is 0.155. The quantitative estimate of drug-likeness (QED) is 0.826. The van der Waals surface area contributed by atoms with Crippen LogP contribution in [0.3, 0.4) is 0 Å². The van der Waals surface area contributed by atoms with Crippen LogP contribution in [0.5, 0.6) is 0 Å². The Hall–Kier alpha value is -1.94. The number of aromatic carboxylic acids is 1. The summed E-state index contributed by atoms with van der Waals surface area (Å²) in [6.07, 6.45) is 1.55. The number of benzene rings is 1. The maximum absolute atomic E-state index is 10.9. The zero-order chi connectivity index (χ0) is 12.4. The van der Waals surface area contributed by atoms with Gasteiger partial charge >= 0.3 is 5.97 Å². The van der Waals surface area contributed by atoms with E-state index in [0.717, 1.165) is 11.3 Å². The van der Waals surface area contributed by atoms with Gasteiger partial charge in [0, 0.05) is 18.9 Å². The zero-order valence-electron chi connectivity index (χ0n) is 9.25. The second-order valence-corrected chi connectivity index (χ2v) is 4.16. The number of nitrogens with zero attached hydrogens (tertiary/aromatic N) is 1. The van der Waals surface area contributed by atoms with E-state index in [9.17, 15) is 4.79 Å². The molecule has 0 aliphatic rings. The van der Waals surface area contributed by atoms with Crippen molar-refractivity contribution in [2.75, 3.05) is 0 Å². The third kappa shape index (κ3) is 2.26. The number of aryl methyl sites for hydroxylation is 1. The molecule has 0 fully saturated rings. The van der Waals surface area contributed by atoms with Crippen LogP contribution in [0, 0.1) is 4.51 Å². The van der Waals surface area contributed by atoms with Crippen molar-refractivity contribution < 1.29 is 9.90 Å². The van der Waals surface area contributed by atoms with E-state index in [1.807, 2.05) is 37.4 Å². The highest BCUT2D eigenvalue weighted by Gasteiger charge is 2.09. The lowest BCUT2D eigenvalue weighted by Gasteiger charge is -2.10. The molecule has 0 saturated heterocycles. The summed E-state index contributed by atoms with van der Waals surface area (Å²) in [6.45, 7) is 0. The number of carboxylic acid groups (broad SMARTS) is 1. The van der Waals surface area contributed by atoms with Crippen molar-refractivity contribution in [1.82, 2.24) is 4.57 Å². The summed E-state index contributed by atoms with van der Waals surface area (Å²) >= 11 is 5.08. The summed E-state index contributed by atoms with van der Waals surface area (Å²) in [4.78, 5) is 10.9. The van der Waals surface area contributed by atoms with Crippen molar-refractivity contribution in [3.63, 3.8) is 0 Å². The number of rotatable bonds is 2. The predicted octanol–water partition coefficient (Wildman–Crippen LogP) is 3.12. The van der Waals surface area contributed by atoms with Gasteiger partial charge in [0.1, 0.15) is 0 Å². The first-order chi connectivity index (χ1) is 8.09. The van der Waals surface area contributed by atoms with Gasteiger partial charge in [-0.2, -0.15) is 0 Å². The molecule has 1 aromatic heterocycles. The molecule has 0 bridgehead atoms. The van der Waals surface area contributed by atoms with Gasteiger partial charge in [-0.1, -0.05) is 42.5 Å². The molecule has 0 amide bonds. The molecule has 0 aliphatic heterocycles. The maximum Gasteiger partial charge on any atom is 0.338 e. The third-order valence-corrected chi connectivity index (χ3v) is 2.87. The summed E-state index contributed by atoms with van der Waals surface area (Å²) in [5.41, 5.74) is 2.07. The number of hydrogen-bond acceptors (Lipinski definition) is 2. The summed E-state index contributed by atoms with van der Waals surface area (Å²) in [5, 5.41) is 8.97. The van der Waals surface area contributed by atoms with E-state index in [0.29, 0.717) is 4.51 Å². The summed E-state index contributed by atoms with van der Waals surface area (Å²) in [7, 11) is 1.81. The molecule has 2 rings (SSSR count). The Labute approximate surface area is 104 Å². The molecule has 86 valence electrons. The van der Waals surface area contributed by atoms with Gasteiger partial charge in [0.15, 0.2) is 0 Å². The molecule has 4 heteroatoms. The van der Waals surface area contributed by atoms with E-state index >= 15 is 0 Å². The highest BCUT2D eigenvalue weighted by molar-refractivity contribution is 7.71. The van der Waals surface area contributed by atoms with Crippen LogP contribution in [-0.4, -0.2) is 15.6 Å². The van der Waals surface area contributed by atoms with Gasteiger partial charge in [-0.05, 0) is 11.6 Å². The molecule has 1 N–H and O–H groups in total. The van der Waals surface area contributed by atoms with Gasteiger partial charge in [-0.3, -0.25) is 0 Å². The number of carbonyl (C=O) groups is 1. The Balaban J connectivity index is 2.63. The average Bonchev–Trinajstić information content (AvgIpc) is 2.32. The van der Waals surface area contributed by atoms with E-state index in [2.05, 4.69) is 0 Å². The Bertz CT molecular complexity index is 617. The van der Waals surface area contributed by atoms with Crippen LogP contribution >= 0.6 is 12.2 Å². The minimum Gasteiger partial charge on any atom is -0.478 e. The standard InChI is InChI=1S/C13H11NO2S/c1-14-8-10(13(15)16)12(17)7-11(14)9-5-3-2-4-6-9/h2-8H,1H3,(H,15,16). The molecule has 0 saturated carbocycles. The molecule has 0 unspecified atom stereocenters. The van der Waals surface area contributed by atoms with Crippen LogP contribution < -0.4 is 0 Å². The maximum atomic E-state index is 10.9. The highest BCUT2D eigenvalue weighted by atomic mass is 32.1. The molecule has 1 aromatic carbocycles. The van der Waals surface area contributed by atoms with Crippen molar-refractivity contribution in [2.45, 2.75) is 0 Å². The lowest BCUT2D eigenvalue weighted by atomic mass is 10.1. The second kappa shape index (κ2) is 4.51. The van der Waals surface area contributed by atoms with Crippen molar-refractivity contribution in [1.29, 1.82) is 0 Å². The molecule has 0 atom stereocenters. The Morgan fingerprint density at radius 2 is 1.94 bits per heavy atom. The van der Waals surface area contributed by atoms with Crippen LogP contribution in [0.25, 0.3) is 11.3 Å². The van der Waals surface area contributed by atoms with E-state index in [1.165, 1.54) is 0 Å². The fourth-order valence-corrected chi connectivity index (χ4v) is 1.94. The van der Waals surface area contributed by atoms with Crippen LogP contribution in [-0.2, 0) is 7.05 Å². The molecule has 0 radical (unpaired) electrons. The Morgan fingerprint density at radius 3 is 2.53 bits per heavy atom. The van der Waals surface area contributed by atoms with Crippen LogP contribution in [0.1, 0.15) is 10.4 Å². The minimum atomic E-state index is -0.995. The number of hydrogen-bond donors (Lipinski definition) is 1. The first kappa shape index (κ1) is 11.5. The first-order valence-electron chi connectivity index (χ1n) is 5.09. The Morgan fingerprint density at radius 1 is 1.29 bits per heavy atom. The van der Waals surface area contributed by atoms with Crippen molar-refractivity contribution in [2.24, 2.45) is 7.05 Å². The van der Waals surface area contributed by atoms with Gasteiger partial charge in [0.25, 0.3) is 0 Å².